The SMILES string of the molecule is C=Cc1ccc(F)c(-c2cc(F)cc(F)c2F)c1N=C. The van der Waals surface area contributed by atoms with Gasteiger partial charge in [0.1, 0.15) is 11.6 Å². The Morgan fingerprint density at radius 2 is 1.70 bits per heavy atom. The van der Waals surface area contributed by atoms with Gasteiger partial charge in [-0.05, 0) is 24.9 Å². The lowest BCUT2D eigenvalue weighted by Crippen LogP contribution is -1.96. The second-order valence-corrected chi connectivity index (χ2v) is 3.97. The van der Waals surface area contributed by atoms with Crippen molar-refractivity contribution in [3.63, 3.8) is 0 Å². The molecule has 2 rings (SSSR count). The topological polar surface area (TPSA) is 12.4 Å². The molecule has 2 aromatic rings. The highest BCUT2D eigenvalue weighted by Crippen LogP contribution is 2.38. The third-order valence-electron chi connectivity index (χ3n) is 2.80. The van der Waals surface area contributed by atoms with Gasteiger partial charge in [-0.1, -0.05) is 12.7 Å². The van der Waals surface area contributed by atoms with E-state index < -0.39 is 28.8 Å². The van der Waals surface area contributed by atoms with Crippen molar-refractivity contribution in [1.82, 2.24) is 0 Å². The second-order valence-electron chi connectivity index (χ2n) is 3.97. The minimum absolute atomic E-state index is 0.0242. The Kier molecular flexibility index (Phi) is 3.70. The van der Waals surface area contributed by atoms with E-state index in [-0.39, 0.29) is 11.3 Å². The summed E-state index contributed by atoms with van der Waals surface area (Å²) in [4.78, 5) is 3.61. The summed E-state index contributed by atoms with van der Waals surface area (Å²) in [7, 11) is 0. The van der Waals surface area contributed by atoms with Gasteiger partial charge in [-0.3, -0.25) is 4.99 Å². The van der Waals surface area contributed by atoms with Crippen molar-refractivity contribution in [3.05, 3.63) is 59.7 Å². The summed E-state index contributed by atoms with van der Waals surface area (Å²) >= 11 is 0. The van der Waals surface area contributed by atoms with E-state index in [2.05, 4.69) is 18.3 Å². The summed E-state index contributed by atoms with van der Waals surface area (Å²) < 4.78 is 54.3. The number of nitrogens with zero attached hydrogens (tertiary/aromatic N) is 1. The maximum Gasteiger partial charge on any atom is 0.167 e. The van der Waals surface area contributed by atoms with Crippen LogP contribution in [0.15, 0.2) is 35.8 Å². The van der Waals surface area contributed by atoms with Crippen molar-refractivity contribution >= 4 is 18.5 Å². The highest BCUT2D eigenvalue weighted by atomic mass is 19.2. The normalized spacial score (nSPS) is 10.4. The summed E-state index contributed by atoms with van der Waals surface area (Å²) in [6.45, 7) is 6.78. The van der Waals surface area contributed by atoms with E-state index in [1.807, 2.05) is 0 Å². The third kappa shape index (κ3) is 2.22. The molecule has 0 aliphatic heterocycles. The predicted molar refractivity (Wildman–Crippen MR) is 71.0 cm³/mol. The maximum absolute atomic E-state index is 13.9. The van der Waals surface area contributed by atoms with Crippen LogP contribution in [0.25, 0.3) is 17.2 Å². The molecular formula is C15H9F4N. The van der Waals surface area contributed by atoms with Crippen molar-refractivity contribution in [3.8, 4) is 11.1 Å². The van der Waals surface area contributed by atoms with Crippen LogP contribution in [0.5, 0.6) is 0 Å². The van der Waals surface area contributed by atoms with Crippen LogP contribution in [0.2, 0.25) is 0 Å². The van der Waals surface area contributed by atoms with Gasteiger partial charge in [0.2, 0.25) is 0 Å². The van der Waals surface area contributed by atoms with Gasteiger partial charge in [0.15, 0.2) is 11.6 Å². The number of hydrogen-bond acceptors (Lipinski definition) is 1. The van der Waals surface area contributed by atoms with Gasteiger partial charge in [0.05, 0.1) is 5.69 Å². The zero-order valence-corrected chi connectivity index (χ0v) is 10.3. The number of aliphatic imine (C=N–C) groups is 1. The van der Waals surface area contributed by atoms with Crippen LogP contribution in [0.4, 0.5) is 23.2 Å². The summed E-state index contributed by atoms with van der Waals surface area (Å²) in [5.74, 6) is -4.63. The maximum atomic E-state index is 13.9. The highest BCUT2D eigenvalue weighted by Gasteiger charge is 2.20. The van der Waals surface area contributed by atoms with Crippen LogP contribution in [-0.4, -0.2) is 6.72 Å². The van der Waals surface area contributed by atoms with Crippen molar-refractivity contribution in [2.75, 3.05) is 0 Å². The van der Waals surface area contributed by atoms with Gasteiger partial charge in [0.25, 0.3) is 0 Å². The van der Waals surface area contributed by atoms with Crippen molar-refractivity contribution in [2.24, 2.45) is 4.99 Å². The molecule has 0 heterocycles. The molecule has 0 bridgehead atoms. The molecule has 102 valence electrons. The van der Waals surface area contributed by atoms with Crippen LogP contribution in [0.3, 0.4) is 0 Å². The van der Waals surface area contributed by atoms with Crippen molar-refractivity contribution in [1.29, 1.82) is 0 Å². The van der Waals surface area contributed by atoms with E-state index in [0.717, 1.165) is 6.07 Å². The first-order valence-corrected chi connectivity index (χ1v) is 5.56. The van der Waals surface area contributed by atoms with Gasteiger partial charge in [0, 0.05) is 22.8 Å². The molecule has 0 N–H and O–H groups in total. The molecule has 20 heavy (non-hydrogen) atoms. The van der Waals surface area contributed by atoms with E-state index in [9.17, 15) is 17.6 Å². The molecular weight excluding hydrogens is 270 g/mol. The summed E-state index contributed by atoms with van der Waals surface area (Å²) in [6, 6.07) is 3.50. The third-order valence-corrected chi connectivity index (χ3v) is 2.80. The molecule has 1 nitrogen and oxygen atoms in total. The van der Waals surface area contributed by atoms with Crippen LogP contribution in [-0.2, 0) is 0 Å². The standard InChI is InChI=1S/C15H9F4N/c1-3-8-4-5-11(17)13(15(8)20-2)10-6-9(16)7-12(18)14(10)19/h3-7H,1-2H2. The van der Waals surface area contributed by atoms with E-state index in [0.29, 0.717) is 17.7 Å². The fourth-order valence-corrected chi connectivity index (χ4v) is 1.91. The first-order valence-electron chi connectivity index (χ1n) is 5.56. The first-order chi connectivity index (χ1) is 9.49. The Bertz CT molecular complexity index is 708. The number of benzene rings is 2. The van der Waals surface area contributed by atoms with Gasteiger partial charge < -0.3 is 0 Å². The highest BCUT2D eigenvalue weighted by molar-refractivity contribution is 5.84. The van der Waals surface area contributed by atoms with Gasteiger partial charge in [-0.15, -0.1) is 0 Å². The van der Waals surface area contributed by atoms with Crippen molar-refractivity contribution in [2.45, 2.75) is 0 Å². The minimum Gasteiger partial charge on any atom is -0.263 e. The smallest absolute Gasteiger partial charge is 0.167 e. The monoisotopic (exact) mass is 279 g/mol. The lowest BCUT2D eigenvalue weighted by molar-refractivity contribution is 0.497. The minimum atomic E-state index is -1.40. The Balaban J connectivity index is 2.88. The molecule has 5 heteroatoms. The number of hydrogen-bond donors (Lipinski definition) is 0. The van der Waals surface area contributed by atoms with E-state index in [4.69, 9.17) is 0 Å². The molecule has 0 radical (unpaired) electrons. The Morgan fingerprint density at radius 3 is 2.30 bits per heavy atom. The van der Waals surface area contributed by atoms with Crippen LogP contribution < -0.4 is 0 Å². The molecule has 0 spiro atoms. The summed E-state index contributed by atoms with van der Waals surface area (Å²) in [5.41, 5.74) is -0.552. The Morgan fingerprint density at radius 1 is 1.00 bits per heavy atom. The quantitative estimate of drug-likeness (QED) is 0.431. The Hall–Kier alpha value is -2.43. The molecule has 0 unspecified atom stereocenters. The number of rotatable bonds is 3. The molecule has 2 aromatic carbocycles. The largest absolute Gasteiger partial charge is 0.263 e. The lowest BCUT2D eigenvalue weighted by atomic mass is 9.98. The molecule has 0 amide bonds. The molecule has 0 aromatic heterocycles. The van der Waals surface area contributed by atoms with Crippen LogP contribution in [0, 0.1) is 23.3 Å². The molecule has 0 aliphatic carbocycles. The fourth-order valence-electron chi connectivity index (χ4n) is 1.91. The molecule has 0 aliphatic rings. The zero-order chi connectivity index (χ0) is 14.9. The summed E-state index contributed by atoms with van der Waals surface area (Å²) in [5, 5.41) is 0. The molecule has 0 atom stereocenters. The van der Waals surface area contributed by atoms with E-state index in [1.165, 1.54) is 12.1 Å². The predicted octanol–water partition coefficient (Wildman–Crippen LogP) is 4.89. The van der Waals surface area contributed by atoms with Gasteiger partial charge >= 0.3 is 0 Å². The van der Waals surface area contributed by atoms with Gasteiger partial charge in [-0.2, -0.15) is 0 Å². The van der Waals surface area contributed by atoms with Crippen molar-refractivity contribution < 1.29 is 17.6 Å². The number of halogens is 4. The Labute approximate surface area is 112 Å². The van der Waals surface area contributed by atoms with Crippen LogP contribution >= 0.6 is 0 Å². The first kappa shape index (κ1) is 14.0. The average molecular weight is 279 g/mol. The fraction of sp³-hybridized carbons (Fsp3) is 0. The van der Waals surface area contributed by atoms with Crippen LogP contribution in [0.1, 0.15) is 5.56 Å². The van der Waals surface area contributed by atoms with E-state index >= 15 is 0 Å². The van der Waals surface area contributed by atoms with Gasteiger partial charge in [-0.25, -0.2) is 17.6 Å². The average Bonchev–Trinajstić information content (AvgIpc) is 2.42. The summed E-state index contributed by atoms with van der Waals surface area (Å²) in [6.07, 6.45) is 1.36. The lowest BCUT2D eigenvalue weighted by Gasteiger charge is -2.11. The molecule has 0 saturated heterocycles. The zero-order valence-electron chi connectivity index (χ0n) is 10.3. The second kappa shape index (κ2) is 5.28. The van der Waals surface area contributed by atoms with E-state index in [1.54, 1.807) is 0 Å². The molecule has 0 fully saturated rings. The molecule has 0 saturated carbocycles.